The molecule has 1 aromatic carbocycles. The van der Waals surface area contributed by atoms with Gasteiger partial charge in [-0.2, -0.15) is 0 Å². The van der Waals surface area contributed by atoms with Crippen molar-refractivity contribution in [2.45, 2.75) is 56.9 Å². The van der Waals surface area contributed by atoms with Gasteiger partial charge in [-0.1, -0.05) is 18.9 Å². The fourth-order valence-corrected chi connectivity index (χ4v) is 4.76. The molecule has 0 aromatic heterocycles. The topological polar surface area (TPSA) is 49.4 Å². The summed E-state index contributed by atoms with van der Waals surface area (Å²) in [5.74, 6) is -0.415. The molecule has 24 heavy (non-hydrogen) atoms. The van der Waals surface area contributed by atoms with E-state index in [0.29, 0.717) is 17.6 Å². The summed E-state index contributed by atoms with van der Waals surface area (Å²) in [6.07, 6.45) is 7.14. The molecular formula is C19H23FN2O2. The third-order valence-electron chi connectivity index (χ3n) is 5.88. The average molecular weight is 330 g/mol. The molecule has 1 saturated carbocycles. The molecule has 2 fully saturated rings. The third-order valence-corrected chi connectivity index (χ3v) is 5.88. The van der Waals surface area contributed by atoms with E-state index in [-0.39, 0.29) is 18.2 Å². The molecule has 0 bridgehead atoms. The van der Waals surface area contributed by atoms with Crippen LogP contribution in [0, 0.1) is 11.7 Å². The van der Waals surface area contributed by atoms with E-state index >= 15 is 0 Å². The number of benzene rings is 1. The van der Waals surface area contributed by atoms with E-state index in [1.54, 1.807) is 6.07 Å². The molecule has 3 atom stereocenters. The zero-order valence-corrected chi connectivity index (χ0v) is 13.8. The Kier molecular flexibility index (Phi) is 4.02. The van der Waals surface area contributed by atoms with Gasteiger partial charge >= 0.3 is 0 Å². The number of likely N-dealkylation sites (tertiary alicyclic amines) is 1. The molecule has 1 saturated heterocycles. The quantitative estimate of drug-likeness (QED) is 0.857. The van der Waals surface area contributed by atoms with Crippen molar-refractivity contribution >= 4 is 17.5 Å². The summed E-state index contributed by atoms with van der Waals surface area (Å²) in [4.78, 5) is 27.3. The summed E-state index contributed by atoms with van der Waals surface area (Å²) >= 11 is 0. The molecule has 0 spiro atoms. The smallest absolute Gasteiger partial charge is 0.230 e. The van der Waals surface area contributed by atoms with Crippen LogP contribution < -0.4 is 5.32 Å². The van der Waals surface area contributed by atoms with Crippen molar-refractivity contribution in [2.24, 2.45) is 5.92 Å². The fraction of sp³-hybridized carbons (Fsp3) is 0.579. The van der Waals surface area contributed by atoms with Gasteiger partial charge in [-0.25, -0.2) is 4.39 Å². The third kappa shape index (κ3) is 2.70. The van der Waals surface area contributed by atoms with Crippen LogP contribution in [0.1, 0.15) is 56.4 Å². The van der Waals surface area contributed by atoms with Crippen LogP contribution in [-0.4, -0.2) is 29.3 Å². The zero-order valence-electron chi connectivity index (χ0n) is 13.8. The molecule has 4 nitrogen and oxygen atoms in total. The van der Waals surface area contributed by atoms with E-state index in [1.165, 1.54) is 37.8 Å². The van der Waals surface area contributed by atoms with Crippen molar-refractivity contribution in [3.8, 4) is 0 Å². The highest BCUT2D eigenvalue weighted by atomic mass is 19.1. The Hall–Kier alpha value is -1.91. The molecule has 1 N–H and O–H groups in total. The maximum Gasteiger partial charge on any atom is 0.230 e. The summed E-state index contributed by atoms with van der Waals surface area (Å²) in [5, 5.41) is 2.70. The number of nitrogens with one attached hydrogen (secondary N) is 1. The lowest BCUT2D eigenvalue weighted by Crippen LogP contribution is -2.51. The first-order chi connectivity index (χ1) is 11.6. The Morgan fingerprint density at radius 1 is 1.17 bits per heavy atom. The van der Waals surface area contributed by atoms with Gasteiger partial charge in [0.1, 0.15) is 5.82 Å². The summed E-state index contributed by atoms with van der Waals surface area (Å²) in [5.41, 5.74) is 1.20. The van der Waals surface area contributed by atoms with Crippen molar-refractivity contribution in [2.75, 3.05) is 11.9 Å². The fourth-order valence-electron chi connectivity index (χ4n) is 4.76. The van der Waals surface area contributed by atoms with E-state index in [2.05, 4.69) is 5.32 Å². The Balaban J connectivity index is 1.63. The molecule has 0 unspecified atom stereocenters. The standard InChI is InChI=1S/C19H23FN2O2/c20-13-7-8-14-15(11-18(23)21-16(14)10-13)19(24)22-9-3-5-12-4-1-2-6-17(12)22/h7-8,10,12,15,17H,1-6,9,11H2,(H,21,23)/t12-,15+,17+/m1/s1. The molecule has 1 aliphatic carbocycles. The number of amides is 2. The first-order valence-electron chi connectivity index (χ1n) is 9.03. The van der Waals surface area contributed by atoms with Gasteiger partial charge in [0, 0.05) is 24.7 Å². The number of hydrogen-bond acceptors (Lipinski definition) is 2. The van der Waals surface area contributed by atoms with Crippen molar-refractivity contribution in [3.05, 3.63) is 29.6 Å². The lowest BCUT2D eigenvalue weighted by atomic mass is 9.77. The van der Waals surface area contributed by atoms with Gasteiger partial charge in [0.25, 0.3) is 0 Å². The highest BCUT2D eigenvalue weighted by Gasteiger charge is 2.40. The maximum absolute atomic E-state index is 13.5. The molecule has 0 radical (unpaired) electrons. The van der Waals surface area contributed by atoms with Crippen LogP contribution in [0.3, 0.4) is 0 Å². The summed E-state index contributed by atoms with van der Waals surface area (Å²) in [7, 11) is 0. The predicted molar refractivity (Wildman–Crippen MR) is 89.1 cm³/mol. The minimum atomic E-state index is -0.477. The van der Waals surface area contributed by atoms with Crippen molar-refractivity contribution in [1.82, 2.24) is 4.90 Å². The number of halogens is 1. The number of rotatable bonds is 1. The second-order valence-corrected chi connectivity index (χ2v) is 7.32. The van der Waals surface area contributed by atoms with Gasteiger partial charge < -0.3 is 10.2 Å². The first-order valence-corrected chi connectivity index (χ1v) is 9.03. The molecule has 5 heteroatoms. The minimum absolute atomic E-state index is 0.0503. The Morgan fingerprint density at radius 3 is 2.83 bits per heavy atom. The molecule has 4 rings (SSSR count). The highest BCUT2D eigenvalue weighted by molar-refractivity contribution is 6.01. The van der Waals surface area contributed by atoms with Crippen LogP contribution in [0.25, 0.3) is 0 Å². The van der Waals surface area contributed by atoms with Crippen molar-refractivity contribution in [1.29, 1.82) is 0 Å². The van der Waals surface area contributed by atoms with Crippen LogP contribution in [-0.2, 0) is 9.59 Å². The van der Waals surface area contributed by atoms with Crippen LogP contribution >= 0.6 is 0 Å². The predicted octanol–water partition coefficient (Wildman–Crippen LogP) is 3.43. The van der Waals surface area contributed by atoms with Crippen LogP contribution in [0.4, 0.5) is 10.1 Å². The van der Waals surface area contributed by atoms with Gasteiger partial charge in [0.15, 0.2) is 0 Å². The second-order valence-electron chi connectivity index (χ2n) is 7.32. The first kappa shape index (κ1) is 15.6. The van der Waals surface area contributed by atoms with E-state index in [4.69, 9.17) is 0 Å². The van der Waals surface area contributed by atoms with Crippen molar-refractivity contribution in [3.63, 3.8) is 0 Å². The Bertz CT molecular complexity index is 673. The molecule has 3 aliphatic rings. The number of anilines is 1. The lowest BCUT2D eigenvalue weighted by molar-refractivity contribution is -0.140. The SMILES string of the molecule is O=C1C[C@H](C(=O)N2CCC[C@H]3CCCC[C@@H]32)c2ccc(F)cc2N1. The van der Waals surface area contributed by atoms with Crippen LogP contribution in [0.5, 0.6) is 0 Å². The molecular weight excluding hydrogens is 307 g/mol. The summed E-state index contributed by atoms with van der Waals surface area (Å²) in [6.45, 7) is 0.786. The van der Waals surface area contributed by atoms with Gasteiger partial charge in [-0.3, -0.25) is 9.59 Å². The molecule has 1 aromatic rings. The minimum Gasteiger partial charge on any atom is -0.339 e. The van der Waals surface area contributed by atoms with E-state index < -0.39 is 11.7 Å². The van der Waals surface area contributed by atoms with Crippen LogP contribution in [0.2, 0.25) is 0 Å². The molecule has 2 amide bonds. The van der Waals surface area contributed by atoms with Gasteiger partial charge in [-0.15, -0.1) is 0 Å². The van der Waals surface area contributed by atoms with Crippen LogP contribution in [0.15, 0.2) is 18.2 Å². The summed E-state index contributed by atoms with van der Waals surface area (Å²) < 4.78 is 13.5. The van der Waals surface area contributed by atoms with E-state index in [9.17, 15) is 14.0 Å². The van der Waals surface area contributed by atoms with E-state index in [0.717, 1.165) is 24.9 Å². The second kappa shape index (κ2) is 6.19. The van der Waals surface area contributed by atoms with Gasteiger partial charge in [0.2, 0.25) is 11.8 Å². The lowest BCUT2D eigenvalue weighted by Gasteiger charge is -2.45. The largest absolute Gasteiger partial charge is 0.339 e. The number of fused-ring (bicyclic) bond motifs is 2. The van der Waals surface area contributed by atoms with Gasteiger partial charge in [-0.05, 0) is 49.3 Å². The normalized spacial score (nSPS) is 29.5. The Morgan fingerprint density at radius 2 is 1.96 bits per heavy atom. The maximum atomic E-state index is 13.5. The average Bonchev–Trinajstić information content (AvgIpc) is 2.59. The highest BCUT2D eigenvalue weighted by Crippen LogP contribution is 2.39. The van der Waals surface area contributed by atoms with Gasteiger partial charge in [0.05, 0.1) is 5.92 Å². The van der Waals surface area contributed by atoms with E-state index in [1.807, 2.05) is 4.90 Å². The van der Waals surface area contributed by atoms with Crippen molar-refractivity contribution < 1.29 is 14.0 Å². The number of carbonyl (C=O) groups is 2. The number of carbonyl (C=O) groups excluding carboxylic acids is 2. The Labute approximate surface area is 141 Å². The molecule has 2 heterocycles. The summed E-state index contributed by atoms with van der Waals surface area (Å²) in [6, 6.07) is 4.66. The number of nitrogens with zero attached hydrogens (tertiary/aromatic N) is 1. The zero-order chi connectivity index (χ0) is 16.7. The molecule has 128 valence electrons. The monoisotopic (exact) mass is 330 g/mol. The number of hydrogen-bond donors (Lipinski definition) is 1. The number of piperidine rings is 1. The molecule has 2 aliphatic heterocycles.